The highest BCUT2D eigenvalue weighted by Crippen LogP contribution is 2.25. The summed E-state index contributed by atoms with van der Waals surface area (Å²) in [5.74, 6) is 0. The molecule has 1 aromatic carbocycles. The van der Waals surface area contributed by atoms with Crippen molar-refractivity contribution in [1.29, 1.82) is 0 Å². The Morgan fingerprint density at radius 1 is 1.28 bits per heavy atom. The molecule has 0 fully saturated rings. The number of nitrogens with one attached hydrogen (secondary N) is 1. The first-order valence-electron chi connectivity index (χ1n) is 7.01. The lowest BCUT2D eigenvalue weighted by Crippen LogP contribution is -2.41. The summed E-state index contributed by atoms with van der Waals surface area (Å²) in [6, 6.07) is 8.80. The molecule has 1 unspecified atom stereocenters. The molecule has 1 atom stereocenters. The topological polar surface area (TPSA) is 15.3 Å². The van der Waals surface area contributed by atoms with E-state index in [-0.39, 0.29) is 0 Å². The van der Waals surface area contributed by atoms with Gasteiger partial charge in [-0.2, -0.15) is 0 Å². The second kappa shape index (κ2) is 6.79. The molecule has 0 saturated heterocycles. The molecule has 1 aromatic rings. The number of anilines is 1. The molecule has 1 rings (SSSR count). The summed E-state index contributed by atoms with van der Waals surface area (Å²) in [7, 11) is 2.04. The molecule has 18 heavy (non-hydrogen) atoms. The molecule has 2 heteroatoms. The van der Waals surface area contributed by atoms with Crippen LogP contribution in [0.2, 0.25) is 0 Å². The van der Waals surface area contributed by atoms with Crippen molar-refractivity contribution in [2.75, 3.05) is 31.6 Å². The number of hydrogen-bond donors (Lipinski definition) is 1. The van der Waals surface area contributed by atoms with Gasteiger partial charge in [0.15, 0.2) is 0 Å². The lowest BCUT2D eigenvalue weighted by Gasteiger charge is -2.35. The number of aryl methyl sites for hydroxylation is 1. The quantitative estimate of drug-likeness (QED) is 0.795. The van der Waals surface area contributed by atoms with Gasteiger partial charge in [0.05, 0.1) is 0 Å². The molecule has 102 valence electrons. The largest absolute Gasteiger partial charge is 0.371 e. The van der Waals surface area contributed by atoms with Gasteiger partial charge in [0, 0.05) is 25.3 Å². The van der Waals surface area contributed by atoms with Gasteiger partial charge < -0.3 is 10.2 Å². The van der Waals surface area contributed by atoms with E-state index in [4.69, 9.17) is 0 Å². The van der Waals surface area contributed by atoms with Crippen LogP contribution in [-0.4, -0.2) is 26.7 Å². The van der Waals surface area contributed by atoms with Gasteiger partial charge in [0.1, 0.15) is 0 Å². The van der Waals surface area contributed by atoms with E-state index in [1.165, 1.54) is 17.7 Å². The first-order chi connectivity index (χ1) is 8.54. The average molecular weight is 248 g/mol. The lowest BCUT2D eigenvalue weighted by molar-refractivity contribution is 0.304. The molecule has 2 nitrogen and oxygen atoms in total. The fourth-order valence-electron chi connectivity index (χ4n) is 2.39. The van der Waals surface area contributed by atoms with E-state index in [1.54, 1.807) is 0 Å². The first kappa shape index (κ1) is 15.0. The molecule has 1 N–H and O–H groups in total. The molecule has 0 aliphatic rings. The smallest absolute Gasteiger partial charge is 0.0368 e. The average Bonchev–Trinajstić information content (AvgIpc) is 2.36. The molecule has 0 aliphatic carbocycles. The van der Waals surface area contributed by atoms with Crippen molar-refractivity contribution in [3.63, 3.8) is 0 Å². The Kier molecular flexibility index (Phi) is 5.67. The lowest BCUT2D eigenvalue weighted by atomic mass is 9.86. The third kappa shape index (κ3) is 4.02. The monoisotopic (exact) mass is 248 g/mol. The number of hydrogen-bond acceptors (Lipinski definition) is 2. The second-order valence-electron chi connectivity index (χ2n) is 5.55. The Balaban J connectivity index is 2.84. The number of rotatable bonds is 7. The van der Waals surface area contributed by atoms with E-state index in [2.05, 4.69) is 62.2 Å². The van der Waals surface area contributed by atoms with E-state index in [0.29, 0.717) is 5.41 Å². The summed E-state index contributed by atoms with van der Waals surface area (Å²) in [5, 5.41) is 3.32. The van der Waals surface area contributed by atoms with E-state index < -0.39 is 0 Å². The minimum atomic E-state index is 0.328. The van der Waals surface area contributed by atoms with Crippen LogP contribution in [0.4, 0.5) is 5.69 Å². The summed E-state index contributed by atoms with van der Waals surface area (Å²) < 4.78 is 0. The van der Waals surface area contributed by atoms with Crippen molar-refractivity contribution in [3.8, 4) is 0 Å². The van der Waals surface area contributed by atoms with Gasteiger partial charge in [0.25, 0.3) is 0 Å². The maximum Gasteiger partial charge on any atom is 0.0368 e. The summed E-state index contributed by atoms with van der Waals surface area (Å²) in [6.45, 7) is 12.3. The normalized spacial score (nSPS) is 14.3. The van der Waals surface area contributed by atoms with Gasteiger partial charge in [0.2, 0.25) is 0 Å². The Hall–Kier alpha value is -1.02. The predicted octanol–water partition coefficient (Wildman–Crippen LogP) is 3.46. The summed E-state index contributed by atoms with van der Waals surface area (Å²) >= 11 is 0. The molecule has 0 bridgehead atoms. The molecule has 0 aromatic heterocycles. The Bertz CT molecular complexity index is 362. The highest BCUT2D eigenvalue weighted by molar-refractivity contribution is 5.48. The minimum Gasteiger partial charge on any atom is -0.371 e. The highest BCUT2D eigenvalue weighted by atomic mass is 15.1. The molecule has 0 amide bonds. The maximum atomic E-state index is 3.32. The Morgan fingerprint density at radius 3 is 2.50 bits per heavy atom. The summed E-state index contributed by atoms with van der Waals surface area (Å²) in [6.07, 6.45) is 1.19. The standard InChI is InChI=1S/C16H28N2/c1-6-16(4,12-17-5)13-18(7-2)15-10-8-9-14(3)11-15/h8-11,17H,6-7,12-13H2,1-5H3. The number of nitrogens with zero attached hydrogens (tertiary/aromatic N) is 1. The summed E-state index contributed by atoms with van der Waals surface area (Å²) in [5.41, 5.74) is 3.00. The van der Waals surface area contributed by atoms with Gasteiger partial charge in [-0.15, -0.1) is 0 Å². The molecular formula is C16H28N2. The van der Waals surface area contributed by atoms with Gasteiger partial charge in [-0.1, -0.05) is 26.0 Å². The van der Waals surface area contributed by atoms with Crippen LogP contribution in [0.3, 0.4) is 0 Å². The molecule has 0 radical (unpaired) electrons. The van der Waals surface area contributed by atoms with Crippen LogP contribution in [0.1, 0.15) is 32.8 Å². The van der Waals surface area contributed by atoms with E-state index in [9.17, 15) is 0 Å². The number of benzene rings is 1. The van der Waals surface area contributed by atoms with Crippen LogP contribution in [0.5, 0.6) is 0 Å². The van der Waals surface area contributed by atoms with Crippen LogP contribution in [-0.2, 0) is 0 Å². The van der Waals surface area contributed by atoms with Gasteiger partial charge >= 0.3 is 0 Å². The molecule has 0 aliphatic heterocycles. The van der Waals surface area contributed by atoms with E-state index >= 15 is 0 Å². The van der Waals surface area contributed by atoms with Crippen molar-refractivity contribution in [3.05, 3.63) is 29.8 Å². The first-order valence-corrected chi connectivity index (χ1v) is 7.01. The van der Waals surface area contributed by atoms with Gasteiger partial charge in [-0.25, -0.2) is 0 Å². The minimum absolute atomic E-state index is 0.328. The van der Waals surface area contributed by atoms with Crippen LogP contribution < -0.4 is 10.2 Å². The zero-order valence-electron chi connectivity index (χ0n) is 12.6. The highest BCUT2D eigenvalue weighted by Gasteiger charge is 2.24. The third-order valence-corrected chi connectivity index (χ3v) is 3.78. The molecule has 0 heterocycles. The van der Waals surface area contributed by atoms with Crippen molar-refractivity contribution in [2.24, 2.45) is 5.41 Å². The zero-order valence-corrected chi connectivity index (χ0v) is 12.6. The fourth-order valence-corrected chi connectivity index (χ4v) is 2.39. The Labute approximate surface area is 112 Å². The van der Waals surface area contributed by atoms with Crippen LogP contribution in [0.25, 0.3) is 0 Å². The van der Waals surface area contributed by atoms with Crippen LogP contribution >= 0.6 is 0 Å². The second-order valence-corrected chi connectivity index (χ2v) is 5.55. The molecule has 0 spiro atoms. The Morgan fingerprint density at radius 2 is 2.00 bits per heavy atom. The molecule has 0 saturated carbocycles. The third-order valence-electron chi connectivity index (χ3n) is 3.78. The van der Waals surface area contributed by atoms with Crippen molar-refractivity contribution in [2.45, 2.75) is 34.1 Å². The summed E-state index contributed by atoms with van der Waals surface area (Å²) in [4.78, 5) is 2.48. The van der Waals surface area contributed by atoms with Gasteiger partial charge in [-0.3, -0.25) is 0 Å². The van der Waals surface area contributed by atoms with Crippen molar-refractivity contribution < 1.29 is 0 Å². The van der Waals surface area contributed by atoms with Crippen molar-refractivity contribution in [1.82, 2.24) is 5.32 Å². The van der Waals surface area contributed by atoms with Crippen molar-refractivity contribution >= 4 is 5.69 Å². The SMILES string of the molecule is CCN(CC(C)(CC)CNC)c1cccc(C)c1. The fraction of sp³-hybridized carbons (Fsp3) is 0.625. The van der Waals surface area contributed by atoms with E-state index in [1.807, 2.05) is 7.05 Å². The maximum absolute atomic E-state index is 3.32. The van der Waals surface area contributed by atoms with Crippen LogP contribution in [0.15, 0.2) is 24.3 Å². The zero-order chi connectivity index (χ0) is 13.6. The van der Waals surface area contributed by atoms with Gasteiger partial charge in [-0.05, 0) is 50.4 Å². The molecular weight excluding hydrogens is 220 g/mol. The van der Waals surface area contributed by atoms with Crippen LogP contribution in [0, 0.1) is 12.3 Å². The van der Waals surface area contributed by atoms with E-state index in [0.717, 1.165) is 19.6 Å². The predicted molar refractivity (Wildman–Crippen MR) is 81.4 cm³/mol.